The normalized spacial score (nSPS) is 11.9. The molecule has 0 bridgehead atoms. The molecule has 0 saturated carbocycles. The van der Waals surface area contributed by atoms with Gasteiger partial charge in [-0.25, -0.2) is 4.98 Å². The van der Waals surface area contributed by atoms with E-state index >= 15 is 0 Å². The van der Waals surface area contributed by atoms with Crippen LogP contribution >= 0.6 is 11.3 Å². The summed E-state index contributed by atoms with van der Waals surface area (Å²) in [5.41, 5.74) is 3.30. The molecule has 0 saturated heterocycles. The van der Waals surface area contributed by atoms with E-state index in [1.807, 2.05) is 41.8 Å². The average molecular weight is 417 g/mol. The molecule has 1 unspecified atom stereocenters. The number of hydrogen-bond acceptors (Lipinski definition) is 4. The van der Waals surface area contributed by atoms with Gasteiger partial charge < -0.3 is 9.73 Å². The number of oxazole rings is 1. The lowest BCUT2D eigenvalue weighted by Crippen LogP contribution is -2.28. The first-order valence-electron chi connectivity index (χ1n) is 10.1. The van der Waals surface area contributed by atoms with E-state index in [1.54, 1.807) is 17.5 Å². The predicted molar refractivity (Wildman–Crippen MR) is 120 cm³/mol. The number of rotatable bonds is 8. The van der Waals surface area contributed by atoms with E-state index in [4.69, 9.17) is 4.42 Å². The van der Waals surface area contributed by atoms with Crippen LogP contribution in [0.4, 0.5) is 0 Å². The number of carbonyl (C=O) groups is 1. The van der Waals surface area contributed by atoms with Crippen molar-refractivity contribution in [2.45, 2.75) is 32.2 Å². The third-order valence-electron chi connectivity index (χ3n) is 4.95. The summed E-state index contributed by atoms with van der Waals surface area (Å²) < 4.78 is 5.83. The van der Waals surface area contributed by atoms with Crippen molar-refractivity contribution in [1.82, 2.24) is 10.3 Å². The van der Waals surface area contributed by atoms with Gasteiger partial charge in [-0.05, 0) is 30.4 Å². The highest BCUT2D eigenvalue weighted by molar-refractivity contribution is 7.10. The molecule has 1 amide bonds. The number of hydrogen-bond donors (Lipinski definition) is 1. The second kappa shape index (κ2) is 9.55. The first-order chi connectivity index (χ1) is 14.7. The quantitative estimate of drug-likeness (QED) is 0.387. The molecule has 2 aromatic carbocycles. The van der Waals surface area contributed by atoms with Crippen LogP contribution < -0.4 is 5.32 Å². The number of thiophene rings is 1. The SMILES string of the molecule is Cc1ccc(C(NC(=O)CCCc2ncc(-c3ccccc3)o2)c2cccs2)cc1. The molecule has 152 valence electrons. The third kappa shape index (κ3) is 5.05. The van der Waals surface area contributed by atoms with Gasteiger partial charge in [-0.1, -0.05) is 66.2 Å². The van der Waals surface area contributed by atoms with Crippen LogP contribution in [0.25, 0.3) is 11.3 Å². The number of aromatic nitrogens is 1. The smallest absolute Gasteiger partial charge is 0.220 e. The van der Waals surface area contributed by atoms with Crippen molar-refractivity contribution in [1.29, 1.82) is 0 Å². The Morgan fingerprint density at radius 1 is 1.07 bits per heavy atom. The third-order valence-corrected chi connectivity index (χ3v) is 5.89. The lowest BCUT2D eigenvalue weighted by Gasteiger charge is -2.18. The molecule has 1 atom stereocenters. The molecule has 30 heavy (non-hydrogen) atoms. The Bertz CT molecular complexity index is 1070. The Morgan fingerprint density at radius 3 is 2.60 bits per heavy atom. The van der Waals surface area contributed by atoms with Gasteiger partial charge in [-0.15, -0.1) is 11.3 Å². The lowest BCUT2D eigenvalue weighted by molar-refractivity contribution is -0.121. The molecule has 0 spiro atoms. The molecule has 4 aromatic rings. The Labute approximate surface area is 180 Å². The predicted octanol–water partition coefficient (Wildman–Crippen LogP) is 5.94. The summed E-state index contributed by atoms with van der Waals surface area (Å²) in [6.45, 7) is 2.06. The van der Waals surface area contributed by atoms with E-state index in [9.17, 15) is 4.79 Å². The lowest BCUT2D eigenvalue weighted by atomic mass is 10.0. The van der Waals surface area contributed by atoms with Crippen LogP contribution in [0, 0.1) is 6.92 Å². The van der Waals surface area contributed by atoms with Gasteiger partial charge in [0.1, 0.15) is 0 Å². The second-order valence-corrected chi connectivity index (χ2v) is 8.24. The molecule has 5 heteroatoms. The highest BCUT2D eigenvalue weighted by atomic mass is 32.1. The summed E-state index contributed by atoms with van der Waals surface area (Å²) in [6.07, 6.45) is 3.49. The van der Waals surface area contributed by atoms with Gasteiger partial charge in [0.25, 0.3) is 0 Å². The minimum atomic E-state index is -0.121. The van der Waals surface area contributed by atoms with Gasteiger partial charge in [-0.3, -0.25) is 4.79 Å². The highest BCUT2D eigenvalue weighted by Gasteiger charge is 2.18. The molecular weight excluding hydrogens is 392 g/mol. The molecule has 0 aliphatic heterocycles. The fraction of sp³-hybridized carbons (Fsp3) is 0.200. The molecule has 2 aromatic heterocycles. The van der Waals surface area contributed by atoms with Crippen molar-refractivity contribution in [3.05, 3.63) is 100 Å². The van der Waals surface area contributed by atoms with E-state index in [2.05, 4.69) is 47.6 Å². The van der Waals surface area contributed by atoms with Gasteiger partial charge in [0, 0.05) is 23.3 Å². The summed E-state index contributed by atoms with van der Waals surface area (Å²) in [5, 5.41) is 5.23. The van der Waals surface area contributed by atoms with Crippen molar-refractivity contribution in [2.75, 3.05) is 0 Å². The molecule has 0 aliphatic carbocycles. The van der Waals surface area contributed by atoms with Crippen LogP contribution in [-0.2, 0) is 11.2 Å². The molecule has 0 fully saturated rings. The van der Waals surface area contributed by atoms with Gasteiger partial charge in [-0.2, -0.15) is 0 Å². The zero-order chi connectivity index (χ0) is 20.8. The topological polar surface area (TPSA) is 55.1 Å². The van der Waals surface area contributed by atoms with E-state index < -0.39 is 0 Å². The summed E-state index contributed by atoms with van der Waals surface area (Å²) >= 11 is 1.65. The summed E-state index contributed by atoms with van der Waals surface area (Å²) in [6, 6.07) is 22.2. The van der Waals surface area contributed by atoms with Gasteiger partial charge in [0.05, 0.1) is 12.2 Å². The number of nitrogens with one attached hydrogen (secondary N) is 1. The van der Waals surface area contributed by atoms with Crippen LogP contribution in [0.5, 0.6) is 0 Å². The summed E-state index contributed by atoms with van der Waals surface area (Å²) in [7, 11) is 0. The molecule has 1 N–H and O–H groups in total. The second-order valence-electron chi connectivity index (χ2n) is 7.26. The standard InChI is InChI=1S/C25H24N2O2S/c1-18-12-14-20(15-13-18)25(22-9-6-16-30-22)27-23(28)10-5-11-24-26-17-21(29-24)19-7-3-2-4-8-19/h2-4,6-9,12-17,25H,5,10-11H2,1H3,(H,27,28). The molecule has 0 radical (unpaired) electrons. The fourth-order valence-electron chi connectivity index (χ4n) is 3.33. The Hall–Kier alpha value is -3.18. The minimum Gasteiger partial charge on any atom is -0.441 e. The maximum atomic E-state index is 12.6. The van der Waals surface area contributed by atoms with Crippen molar-refractivity contribution in [3.8, 4) is 11.3 Å². The number of carbonyl (C=O) groups excluding carboxylic acids is 1. The average Bonchev–Trinajstić information content (AvgIpc) is 3.46. The number of amides is 1. The first-order valence-corrected chi connectivity index (χ1v) is 11.0. The molecular formula is C25H24N2O2S. The molecule has 4 nitrogen and oxygen atoms in total. The fourth-order valence-corrected chi connectivity index (χ4v) is 4.13. The monoisotopic (exact) mass is 416 g/mol. The molecule has 2 heterocycles. The van der Waals surface area contributed by atoms with Crippen molar-refractivity contribution in [3.63, 3.8) is 0 Å². The summed E-state index contributed by atoms with van der Waals surface area (Å²) in [4.78, 5) is 18.1. The van der Waals surface area contributed by atoms with E-state index in [0.717, 1.165) is 21.8 Å². The molecule has 0 aliphatic rings. The van der Waals surface area contributed by atoms with Crippen LogP contribution in [0.2, 0.25) is 0 Å². The number of benzene rings is 2. The van der Waals surface area contributed by atoms with Crippen LogP contribution in [0.3, 0.4) is 0 Å². The Balaban J connectivity index is 1.34. The van der Waals surface area contributed by atoms with Crippen LogP contribution in [0.15, 0.2) is 82.7 Å². The first kappa shape index (κ1) is 20.1. The zero-order valence-corrected chi connectivity index (χ0v) is 17.7. The molecule has 4 rings (SSSR count). The van der Waals surface area contributed by atoms with Crippen LogP contribution in [-0.4, -0.2) is 10.9 Å². The zero-order valence-electron chi connectivity index (χ0n) is 16.9. The van der Waals surface area contributed by atoms with Crippen molar-refractivity contribution in [2.24, 2.45) is 0 Å². The number of nitrogens with zero attached hydrogens (tertiary/aromatic N) is 1. The highest BCUT2D eigenvalue weighted by Crippen LogP contribution is 2.26. The maximum absolute atomic E-state index is 12.6. The van der Waals surface area contributed by atoms with Crippen molar-refractivity contribution < 1.29 is 9.21 Å². The Morgan fingerprint density at radius 2 is 1.87 bits per heavy atom. The van der Waals surface area contributed by atoms with E-state index in [1.165, 1.54) is 5.56 Å². The van der Waals surface area contributed by atoms with E-state index in [0.29, 0.717) is 25.2 Å². The van der Waals surface area contributed by atoms with E-state index in [-0.39, 0.29) is 11.9 Å². The van der Waals surface area contributed by atoms with Crippen molar-refractivity contribution >= 4 is 17.2 Å². The van der Waals surface area contributed by atoms with Crippen LogP contribution in [0.1, 0.15) is 40.8 Å². The summed E-state index contributed by atoms with van der Waals surface area (Å²) in [5.74, 6) is 1.45. The van der Waals surface area contributed by atoms with Gasteiger partial charge in [0.2, 0.25) is 5.91 Å². The van der Waals surface area contributed by atoms with Gasteiger partial charge >= 0.3 is 0 Å². The maximum Gasteiger partial charge on any atom is 0.220 e. The minimum absolute atomic E-state index is 0.0313. The van der Waals surface area contributed by atoms with Gasteiger partial charge in [0.15, 0.2) is 11.7 Å². The largest absolute Gasteiger partial charge is 0.441 e. The number of aryl methyl sites for hydroxylation is 2. The Kier molecular flexibility index (Phi) is 6.40.